The smallest absolute Gasteiger partial charge is 0.185 e. The summed E-state index contributed by atoms with van der Waals surface area (Å²) in [5.74, 6) is -0.755. The molecule has 0 spiro atoms. The highest BCUT2D eigenvalue weighted by atomic mass is 16.5. The van der Waals surface area contributed by atoms with E-state index < -0.39 is 12.6 Å². The zero-order chi connectivity index (χ0) is 16.7. The molecule has 0 atom stereocenters. The Labute approximate surface area is 133 Å². The minimum Gasteiger partial charge on any atom is -0.546 e. The zero-order valence-electron chi connectivity index (χ0n) is 12.5. The Morgan fingerprint density at radius 2 is 1.83 bits per heavy atom. The first kappa shape index (κ1) is 16.3. The number of hydrogen-bond acceptors (Lipinski definition) is 5. The van der Waals surface area contributed by atoms with Crippen molar-refractivity contribution in [1.29, 1.82) is 0 Å². The van der Waals surface area contributed by atoms with Gasteiger partial charge in [-0.05, 0) is 23.8 Å². The number of ketones is 1. The number of benzene rings is 2. The molecule has 0 radical (unpaired) electrons. The van der Waals surface area contributed by atoms with Gasteiger partial charge in [0.25, 0.3) is 0 Å². The van der Waals surface area contributed by atoms with Crippen molar-refractivity contribution in [1.82, 2.24) is 0 Å². The van der Waals surface area contributed by atoms with Crippen molar-refractivity contribution >= 4 is 17.8 Å². The monoisotopic (exact) mass is 311 g/mol. The number of hydrogen-bond donors (Lipinski definition) is 0. The molecule has 2 rings (SSSR count). The molecule has 0 bridgehead atoms. The number of methoxy groups -OCH3 is 1. The largest absolute Gasteiger partial charge is 0.546 e. The van der Waals surface area contributed by atoms with E-state index in [2.05, 4.69) is 0 Å². The number of aliphatic carboxylic acids is 1. The fourth-order valence-electron chi connectivity index (χ4n) is 1.91. The van der Waals surface area contributed by atoms with Crippen LogP contribution >= 0.6 is 0 Å². The normalized spacial score (nSPS) is 10.5. The molecule has 5 heteroatoms. The van der Waals surface area contributed by atoms with Crippen molar-refractivity contribution in [3.63, 3.8) is 0 Å². The molecule has 118 valence electrons. The van der Waals surface area contributed by atoms with E-state index in [1.807, 2.05) is 6.07 Å². The summed E-state index contributed by atoms with van der Waals surface area (Å²) < 4.78 is 10.2. The lowest BCUT2D eigenvalue weighted by Gasteiger charge is -2.11. The Bertz CT molecular complexity index is 719. The minimum atomic E-state index is -1.32. The Morgan fingerprint density at radius 3 is 2.48 bits per heavy atom. The second kappa shape index (κ2) is 7.79. The summed E-state index contributed by atoms with van der Waals surface area (Å²) in [6, 6.07) is 13.8. The van der Waals surface area contributed by atoms with E-state index in [-0.39, 0.29) is 5.78 Å². The number of carbonyl (C=O) groups is 2. The molecule has 0 aromatic heterocycles. The van der Waals surface area contributed by atoms with Crippen LogP contribution in [0.15, 0.2) is 54.6 Å². The third-order valence-electron chi connectivity index (χ3n) is 3.02. The SMILES string of the molecule is COc1cc(/C=C/C(=O)c2ccccc2)ccc1OCC(=O)[O-]. The lowest BCUT2D eigenvalue weighted by atomic mass is 10.1. The van der Waals surface area contributed by atoms with E-state index in [0.29, 0.717) is 17.1 Å². The van der Waals surface area contributed by atoms with E-state index >= 15 is 0 Å². The predicted molar refractivity (Wildman–Crippen MR) is 83.3 cm³/mol. The molecule has 5 nitrogen and oxygen atoms in total. The van der Waals surface area contributed by atoms with Gasteiger partial charge in [0, 0.05) is 5.56 Å². The van der Waals surface area contributed by atoms with E-state index in [1.165, 1.54) is 13.2 Å². The van der Waals surface area contributed by atoms with Crippen LogP contribution in [0.5, 0.6) is 11.5 Å². The lowest BCUT2D eigenvalue weighted by molar-refractivity contribution is -0.307. The Hall–Kier alpha value is -3.08. The molecule has 0 saturated carbocycles. The van der Waals surface area contributed by atoms with Crippen LogP contribution in [0.1, 0.15) is 15.9 Å². The Kier molecular flexibility index (Phi) is 5.52. The number of carboxylic acid groups (broad SMARTS) is 1. The number of allylic oxidation sites excluding steroid dienone is 1. The van der Waals surface area contributed by atoms with E-state index in [4.69, 9.17) is 9.47 Å². The second-order valence-corrected chi connectivity index (χ2v) is 4.63. The van der Waals surface area contributed by atoms with Gasteiger partial charge in [0.15, 0.2) is 17.3 Å². The first-order chi connectivity index (χ1) is 11.1. The molecular formula is C18H15O5-. The molecule has 2 aromatic carbocycles. The molecule has 2 aromatic rings. The van der Waals surface area contributed by atoms with Gasteiger partial charge in [0.1, 0.15) is 6.61 Å². The van der Waals surface area contributed by atoms with Gasteiger partial charge in [0.05, 0.1) is 13.1 Å². The third kappa shape index (κ3) is 4.71. The summed E-state index contributed by atoms with van der Waals surface area (Å²) in [4.78, 5) is 22.4. The van der Waals surface area contributed by atoms with Gasteiger partial charge in [-0.1, -0.05) is 42.5 Å². The molecule has 0 aliphatic rings. The van der Waals surface area contributed by atoms with E-state index in [1.54, 1.807) is 48.5 Å². The lowest BCUT2D eigenvalue weighted by Crippen LogP contribution is -2.29. The highest BCUT2D eigenvalue weighted by Gasteiger charge is 2.05. The summed E-state index contributed by atoms with van der Waals surface area (Å²) in [7, 11) is 1.45. The van der Waals surface area contributed by atoms with Gasteiger partial charge >= 0.3 is 0 Å². The fourth-order valence-corrected chi connectivity index (χ4v) is 1.91. The molecule has 0 aliphatic carbocycles. The molecular weight excluding hydrogens is 296 g/mol. The highest BCUT2D eigenvalue weighted by molar-refractivity contribution is 6.06. The summed E-state index contributed by atoms with van der Waals surface area (Å²) in [5, 5.41) is 10.4. The summed E-state index contributed by atoms with van der Waals surface area (Å²) in [6.07, 6.45) is 3.12. The predicted octanol–water partition coefficient (Wildman–Crippen LogP) is 1.72. The molecule has 0 saturated heterocycles. The summed E-state index contributed by atoms with van der Waals surface area (Å²) in [5.41, 5.74) is 1.33. The van der Waals surface area contributed by atoms with Crippen LogP contribution in [0.3, 0.4) is 0 Å². The quantitative estimate of drug-likeness (QED) is 0.575. The van der Waals surface area contributed by atoms with Gasteiger partial charge in [0.2, 0.25) is 0 Å². The average molecular weight is 311 g/mol. The van der Waals surface area contributed by atoms with Crippen LogP contribution in [0.4, 0.5) is 0 Å². The van der Waals surface area contributed by atoms with Crippen LogP contribution in [0.25, 0.3) is 6.08 Å². The zero-order valence-corrected chi connectivity index (χ0v) is 12.5. The molecule has 23 heavy (non-hydrogen) atoms. The van der Waals surface area contributed by atoms with E-state index in [9.17, 15) is 14.7 Å². The molecule has 0 aliphatic heterocycles. The van der Waals surface area contributed by atoms with Gasteiger partial charge < -0.3 is 19.4 Å². The molecule has 0 heterocycles. The first-order valence-electron chi connectivity index (χ1n) is 6.88. The minimum absolute atomic E-state index is 0.109. The van der Waals surface area contributed by atoms with E-state index in [0.717, 1.165) is 5.56 Å². The van der Waals surface area contributed by atoms with Crippen molar-refractivity contribution in [2.45, 2.75) is 0 Å². The van der Waals surface area contributed by atoms with Crippen LogP contribution in [0, 0.1) is 0 Å². The number of carboxylic acids is 1. The number of rotatable bonds is 7. The fraction of sp³-hybridized carbons (Fsp3) is 0.111. The van der Waals surface area contributed by atoms with Crippen LogP contribution < -0.4 is 14.6 Å². The Morgan fingerprint density at radius 1 is 1.09 bits per heavy atom. The highest BCUT2D eigenvalue weighted by Crippen LogP contribution is 2.28. The molecule has 0 unspecified atom stereocenters. The maximum Gasteiger partial charge on any atom is 0.185 e. The first-order valence-corrected chi connectivity index (χ1v) is 6.88. The van der Waals surface area contributed by atoms with Gasteiger partial charge in [-0.3, -0.25) is 4.79 Å². The molecule has 0 amide bonds. The van der Waals surface area contributed by atoms with Crippen molar-refractivity contribution in [3.8, 4) is 11.5 Å². The number of carbonyl (C=O) groups excluding carboxylic acids is 2. The van der Waals surface area contributed by atoms with Crippen LogP contribution in [0.2, 0.25) is 0 Å². The van der Waals surface area contributed by atoms with Crippen molar-refractivity contribution < 1.29 is 24.2 Å². The maximum atomic E-state index is 12.0. The third-order valence-corrected chi connectivity index (χ3v) is 3.02. The van der Waals surface area contributed by atoms with Crippen LogP contribution in [-0.2, 0) is 4.79 Å². The van der Waals surface area contributed by atoms with Crippen molar-refractivity contribution in [2.75, 3.05) is 13.7 Å². The second-order valence-electron chi connectivity index (χ2n) is 4.63. The molecule has 0 N–H and O–H groups in total. The van der Waals surface area contributed by atoms with Gasteiger partial charge in [-0.25, -0.2) is 0 Å². The maximum absolute atomic E-state index is 12.0. The van der Waals surface area contributed by atoms with Crippen molar-refractivity contribution in [3.05, 3.63) is 65.7 Å². The topological polar surface area (TPSA) is 75.7 Å². The van der Waals surface area contributed by atoms with Gasteiger partial charge in [-0.15, -0.1) is 0 Å². The standard InChI is InChI=1S/C18H16O5/c1-22-17-11-13(8-10-16(17)23-12-18(20)21)7-9-15(19)14-5-3-2-4-6-14/h2-11H,12H2,1H3,(H,20,21)/p-1/b9-7+. The average Bonchev–Trinajstić information content (AvgIpc) is 2.58. The van der Waals surface area contributed by atoms with Crippen molar-refractivity contribution in [2.24, 2.45) is 0 Å². The Balaban J connectivity index is 2.12. The summed E-state index contributed by atoms with van der Waals surface area (Å²) in [6.45, 7) is -0.558. The summed E-state index contributed by atoms with van der Waals surface area (Å²) >= 11 is 0. The number of ether oxygens (including phenoxy) is 2. The van der Waals surface area contributed by atoms with Crippen LogP contribution in [-0.4, -0.2) is 25.5 Å². The molecule has 0 fully saturated rings. The van der Waals surface area contributed by atoms with Gasteiger partial charge in [-0.2, -0.15) is 0 Å².